The van der Waals surface area contributed by atoms with Crippen molar-refractivity contribution in [2.75, 3.05) is 12.3 Å². The maximum absolute atomic E-state index is 11.3. The van der Waals surface area contributed by atoms with Crippen molar-refractivity contribution in [3.05, 3.63) is 0 Å². The van der Waals surface area contributed by atoms with E-state index in [0.29, 0.717) is 0 Å². The Bertz CT molecular complexity index is 448. The largest absolute Gasteiger partial charge is 0.480 e. The SMILES string of the molecule is NC(=O)CC[C@H](NC(=O)NCCS(N)(=O)=O)C(=O)O. The summed E-state index contributed by atoms with van der Waals surface area (Å²) in [4.78, 5) is 32.5. The van der Waals surface area contributed by atoms with Crippen molar-refractivity contribution in [3.8, 4) is 0 Å². The minimum absolute atomic E-state index is 0.159. The first-order chi connectivity index (χ1) is 8.61. The van der Waals surface area contributed by atoms with E-state index in [4.69, 9.17) is 16.0 Å². The lowest BCUT2D eigenvalue weighted by atomic mass is 10.1. The molecule has 0 bridgehead atoms. The molecule has 10 nitrogen and oxygen atoms in total. The van der Waals surface area contributed by atoms with Gasteiger partial charge in [0.2, 0.25) is 15.9 Å². The molecule has 0 aromatic carbocycles. The second-order valence-corrected chi connectivity index (χ2v) is 5.40. The van der Waals surface area contributed by atoms with Gasteiger partial charge in [0.05, 0.1) is 5.75 Å². The van der Waals surface area contributed by atoms with E-state index in [-0.39, 0.29) is 19.4 Å². The van der Waals surface area contributed by atoms with Gasteiger partial charge in [0.25, 0.3) is 0 Å². The molecule has 0 rings (SSSR count). The Morgan fingerprint density at radius 3 is 2.26 bits per heavy atom. The first-order valence-electron chi connectivity index (χ1n) is 5.18. The van der Waals surface area contributed by atoms with Crippen LogP contribution in [0.25, 0.3) is 0 Å². The van der Waals surface area contributed by atoms with E-state index in [2.05, 4.69) is 10.6 Å². The lowest BCUT2D eigenvalue weighted by Crippen LogP contribution is -2.47. The summed E-state index contributed by atoms with van der Waals surface area (Å²) in [6.07, 6.45) is -0.359. The third kappa shape index (κ3) is 9.79. The van der Waals surface area contributed by atoms with Gasteiger partial charge in [-0.25, -0.2) is 23.1 Å². The summed E-state index contributed by atoms with van der Waals surface area (Å²) >= 11 is 0. The van der Waals surface area contributed by atoms with Gasteiger partial charge in [-0.15, -0.1) is 0 Å². The molecule has 1 atom stereocenters. The van der Waals surface area contributed by atoms with Crippen LogP contribution in [0.15, 0.2) is 0 Å². The molecule has 11 heteroatoms. The molecule has 0 aliphatic heterocycles. The van der Waals surface area contributed by atoms with Crippen molar-refractivity contribution < 1.29 is 27.9 Å². The highest BCUT2D eigenvalue weighted by Crippen LogP contribution is 1.97. The van der Waals surface area contributed by atoms with Crippen molar-refractivity contribution in [1.29, 1.82) is 0 Å². The molecule has 0 aromatic rings. The van der Waals surface area contributed by atoms with Gasteiger partial charge in [0.15, 0.2) is 0 Å². The van der Waals surface area contributed by atoms with Crippen molar-refractivity contribution in [2.24, 2.45) is 10.9 Å². The van der Waals surface area contributed by atoms with Gasteiger partial charge in [-0.3, -0.25) is 4.79 Å². The van der Waals surface area contributed by atoms with Crippen molar-refractivity contribution in [1.82, 2.24) is 10.6 Å². The highest BCUT2D eigenvalue weighted by molar-refractivity contribution is 7.89. The Labute approximate surface area is 109 Å². The normalized spacial score (nSPS) is 12.5. The van der Waals surface area contributed by atoms with Crippen LogP contribution in [-0.2, 0) is 19.6 Å². The van der Waals surface area contributed by atoms with Gasteiger partial charge in [-0.05, 0) is 6.42 Å². The smallest absolute Gasteiger partial charge is 0.326 e. The molecule has 0 saturated heterocycles. The number of hydrogen-bond acceptors (Lipinski definition) is 5. The zero-order valence-electron chi connectivity index (χ0n) is 9.96. The van der Waals surface area contributed by atoms with E-state index in [9.17, 15) is 22.8 Å². The third-order valence-electron chi connectivity index (χ3n) is 1.95. The average molecular weight is 296 g/mol. The van der Waals surface area contributed by atoms with Crippen LogP contribution in [0.5, 0.6) is 0 Å². The van der Waals surface area contributed by atoms with E-state index in [1.54, 1.807) is 0 Å². The van der Waals surface area contributed by atoms with Crippen LogP contribution in [0.1, 0.15) is 12.8 Å². The highest BCUT2D eigenvalue weighted by Gasteiger charge is 2.20. The molecule has 0 saturated carbocycles. The Kier molecular flexibility index (Phi) is 6.79. The second kappa shape index (κ2) is 7.53. The van der Waals surface area contributed by atoms with Gasteiger partial charge in [-0.1, -0.05) is 0 Å². The number of carboxylic acid groups (broad SMARTS) is 1. The fourth-order valence-corrected chi connectivity index (χ4v) is 1.45. The van der Waals surface area contributed by atoms with E-state index in [1.165, 1.54) is 0 Å². The molecule has 0 spiro atoms. The zero-order valence-corrected chi connectivity index (χ0v) is 10.8. The number of hydrogen-bond donors (Lipinski definition) is 5. The van der Waals surface area contributed by atoms with E-state index in [0.717, 1.165) is 0 Å². The molecule has 0 unspecified atom stereocenters. The highest BCUT2D eigenvalue weighted by atomic mass is 32.2. The summed E-state index contributed by atoms with van der Waals surface area (Å²) < 4.78 is 21.2. The maximum Gasteiger partial charge on any atom is 0.326 e. The Morgan fingerprint density at radius 1 is 1.26 bits per heavy atom. The summed E-state index contributed by atoms with van der Waals surface area (Å²) in [5, 5.41) is 17.7. The number of primary amides is 1. The summed E-state index contributed by atoms with van der Waals surface area (Å²) in [6.45, 7) is -0.257. The van der Waals surface area contributed by atoms with E-state index in [1.807, 2.05) is 0 Å². The number of nitrogens with two attached hydrogens (primary N) is 2. The first kappa shape index (κ1) is 17.1. The average Bonchev–Trinajstić information content (AvgIpc) is 2.21. The van der Waals surface area contributed by atoms with Crippen molar-refractivity contribution >= 4 is 27.9 Å². The minimum Gasteiger partial charge on any atom is -0.480 e. The lowest BCUT2D eigenvalue weighted by molar-refractivity contribution is -0.139. The zero-order chi connectivity index (χ0) is 15.1. The van der Waals surface area contributed by atoms with Crippen molar-refractivity contribution in [3.63, 3.8) is 0 Å². The quantitative estimate of drug-likeness (QED) is 0.324. The number of rotatable bonds is 8. The molecular formula is C8H16N4O6S. The summed E-state index contributed by atoms with van der Waals surface area (Å²) in [5.74, 6) is -2.50. The van der Waals surface area contributed by atoms with Gasteiger partial charge in [0.1, 0.15) is 6.04 Å². The molecule has 0 aliphatic carbocycles. The van der Waals surface area contributed by atoms with Gasteiger partial charge < -0.3 is 21.5 Å². The van der Waals surface area contributed by atoms with Crippen molar-refractivity contribution in [2.45, 2.75) is 18.9 Å². The summed E-state index contributed by atoms with van der Waals surface area (Å²) in [5.41, 5.74) is 4.86. The van der Waals surface area contributed by atoms with Crippen LogP contribution in [0.2, 0.25) is 0 Å². The topological polar surface area (TPSA) is 182 Å². The Hall–Kier alpha value is -1.88. The number of carbonyl (C=O) groups is 3. The number of carbonyl (C=O) groups excluding carboxylic acids is 2. The predicted molar refractivity (Wildman–Crippen MR) is 64.4 cm³/mol. The molecule has 7 N–H and O–H groups in total. The van der Waals surface area contributed by atoms with E-state index >= 15 is 0 Å². The molecule has 0 fully saturated rings. The van der Waals surface area contributed by atoms with Gasteiger partial charge in [-0.2, -0.15) is 0 Å². The Balaban J connectivity index is 4.17. The molecule has 0 heterocycles. The fraction of sp³-hybridized carbons (Fsp3) is 0.625. The molecule has 3 amide bonds. The van der Waals surface area contributed by atoms with Crippen LogP contribution in [0.3, 0.4) is 0 Å². The maximum atomic E-state index is 11.3. The molecular weight excluding hydrogens is 280 g/mol. The molecule has 0 aromatic heterocycles. The van der Waals surface area contributed by atoms with Gasteiger partial charge in [0, 0.05) is 13.0 Å². The number of amides is 3. The number of aliphatic carboxylic acids is 1. The minimum atomic E-state index is -3.71. The molecule has 0 aliphatic rings. The number of primary sulfonamides is 1. The van der Waals surface area contributed by atoms with Crippen LogP contribution in [0, 0.1) is 0 Å². The summed E-state index contributed by atoms with van der Waals surface area (Å²) in [6, 6.07) is -2.16. The lowest BCUT2D eigenvalue weighted by Gasteiger charge is -2.14. The third-order valence-corrected chi connectivity index (χ3v) is 2.73. The standard InChI is InChI=1S/C8H16N4O6S/c9-6(13)2-1-5(7(14)15)12-8(16)11-3-4-19(10,17)18/h5H,1-4H2,(H2,9,13)(H,14,15)(H2,10,17,18)(H2,11,12,16)/t5-/m0/s1. The van der Waals surface area contributed by atoms with E-state index < -0.39 is 39.7 Å². The molecule has 110 valence electrons. The number of sulfonamides is 1. The number of nitrogens with one attached hydrogen (secondary N) is 2. The van der Waals surface area contributed by atoms with Crippen LogP contribution in [-0.4, -0.2) is 49.8 Å². The van der Waals surface area contributed by atoms with Crippen LogP contribution in [0.4, 0.5) is 4.79 Å². The van der Waals surface area contributed by atoms with Crippen LogP contribution >= 0.6 is 0 Å². The molecule has 19 heavy (non-hydrogen) atoms. The Morgan fingerprint density at radius 2 is 1.84 bits per heavy atom. The monoisotopic (exact) mass is 296 g/mol. The van der Waals surface area contributed by atoms with Crippen LogP contribution < -0.4 is 21.5 Å². The van der Waals surface area contributed by atoms with Gasteiger partial charge >= 0.3 is 12.0 Å². The fourth-order valence-electron chi connectivity index (χ4n) is 1.06. The molecule has 0 radical (unpaired) electrons. The number of urea groups is 1. The first-order valence-corrected chi connectivity index (χ1v) is 6.89. The second-order valence-electron chi connectivity index (χ2n) is 3.66. The number of carboxylic acids is 1. The summed E-state index contributed by atoms with van der Waals surface area (Å²) in [7, 11) is -3.71. The predicted octanol–water partition coefficient (Wildman–Crippen LogP) is -2.71.